The second-order valence-corrected chi connectivity index (χ2v) is 8.56. The van der Waals surface area contributed by atoms with Crippen LogP contribution in [-0.2, 0) is 19.2 Å². The van der Waals surface area contributed by atoms with Crippen molar-refractivity contribution in [2.45, 2.75) is 90.6 Å². The zero-order valence-corrected chi connectivity index (χ0v) is 19.8. The molecule has 0 saturated carbocycles. The van der Waals surface area contributed by atoms with Crippen molar-refractivity contribution >= 4 is 23.7 Å². The molecule has 0 aromatic heterocycles. The van der Waals surface area contributed by atoms with Gasteiger partial charge in [-0.3, -0.25) is 14.4 Å². The first-order valence-corrected chi connectivity index (χ1v) is 11.1. The fraction of sp³-hybridized carbons (Fsp3) is 0.810. The maximum atomic E-state index is 13.0. The Hall–Kier alpha value is -2.24. The number of hydrogen-bond acceptors (Lipinski definition) is 7. The molecule has 186 valence electrons. The minimum absolute atomic E-state index is 0.240. The third-order valence-corrected chi connectivity index (χ3v) is 5.39. The lowest BCUT2D eigenvalue weighted by atomic mass is 9.95. The van der Waals surface area contributed by atoms with Crippen molar-refractivity contribution in [1.82, 2.24) is 16.0 Å². The molecule has 11 heteroatoms. The lowest BCUT2D eigenvalue weighted by Gasteiger charge is -2.29. The van der Waals surface area contributed by atoms with E-state index in [4.69, 9.17) is 11.5 Å². The monoisotopic (exact) mass is 459 g/mol. The maximum Gasteiger partial charge on any atom is 0.328 e. The van der Waals surface area contributed by atoms with Crippen molar-refractivity contribution in [3.63, 3.8) is 0 Å². The van der Waals surface area contributed by atoms with E-state index >= 15 is 0 Å². The predicted octanol–water partition coefficient (Wildman–Crippen LogP) is -0.935. The Balaban J connectivity index is 5.38. The molecule has 9 N–H and O–H groups in total. The number of nitrogens with one attached hydrogen (secondary N) is 3. The van der Waals surface area contributed by atoms with Crippen LogP contribution in [0.25, 0.3) is 0 Å². The van der Waals surface area contributed by atoms with Crippen LogP contribution in [0, 0.1) is 11.8 Å². The van der Waals surface area contributed by atoms with Gasteiger partial charge in [0.15, 0.2) is 6.04 Å². The third kappa shape index (κ3) is 9.92. The number of carboxylic acids is 1. The molecule has 0 aromatic rings. The van der Waals surface area contributed by atoms with Crippen molar-refractivity contribution in [3.8, 4) is 0 Å². The van der Waals surface area contributed by atoms with Crippen molar-refractivity contribution in [2.24, 2.45) is 23.3 Å². The Kier molecular flexibility index (Phi) is 13.7. The first-order valence-electron chi connectivity index (χ1n) is 11.1. The van der Waals surface area contributed by atoms with Crippen molar-refractivity contribution < 1.29 is 29.4 Å². The van der Waals surface area contributed by atoms with Crippen LogP contribution in [0.2, 0.25) is 0 Å². The zero-order valence-electron chi connectivity index (χ0n) is 19.8. The molecule has 6 unspecified atom stereocenters. The Labute approximate surface area is 190 Å². The van der Waals surface area contributed by atoms with Gasteiger partial charge in [-0.2, -0.15) is 0 Å². The third-order valence-electron chi connectivity index (χ3n) is 5.39. The highest BCUT2D eigenvalue weighted by Crippen LogP contribution is 2.11. The summed E-state index contributed by atoms with van der Waals surface area (Å²) in [6.07, 6.45) is 1.13. The number of rotatable bonds is 15. The van der Waals surface area contributed by atoms with Crippen LogP contribution in [0.3, 0.4) is 0 Å². The van der Waals surface area contributed by atoms with Gasteiger partial charge in [-0.1, -0.05) is 40.5 Å². The maximum absolute atomic E-state index is 13.0. The summed E-state index contributed by atoms with van der Waals surface area (Å²) >= 11 is 0. The summed E-state index contributed by atoms with van der Waals surface area (Å²) in [7, 11) is 0. The first-order chi connectivity index (χ1) is 14.9. The molecule has 0 aliphatic carbocycles. The van der Waals surface area contributed by atoms with Crippen LogP contribution in [0.4, 0.5) is 0 Å². The van der Waals surface area contributed by atoms with Gasteiger partial charge in [0, 0.05) is 0 Å². The number of unbranched alkanes of at least 4 members (excludes halogenated alkanes) is 1. The van der Waals surface area contributed by atoms with Crippen LogP contribution in [-0.4, -0.2) is 70.7 Å². The summed E-state index contributed by atoms with van der Waals surface area (Å²) in [4.78, 5) is 49.4. The number of amides is 3. The minimum atomic E-state index is -1.52. The van der Waals surface area contributed by atoms with Crippen LogP contribution >= 0.6 is 0 Å². The Morgan fingerprint density at radius 2 is 1.34 bits per heavy atom. The van der Waals surface area contributed by atoms with E-state index in [2.05, 4.69) is 16.0 Å². The molecule has 0 bridgehead atoms. The van der Waals surface area contributed by atoms with E-state index in [0.29, 0.717) is 25.8 Å². The van der Waals surface area contributed by atoms with Gasteiger partial charge in [0.05, 0.1) is 12.1 Å². The zero-order chi connectivity index (χ0) is 25.0. The second-order valence-electron chi connectivity index (χ2n) is 8.56. The number of aliphatic carboxylic acids is 1. The fourth-order valence-electron chi connectivity index (χ4n) is 3.01. The van der Waals surface area contributed by atoms with Crippen LogP contribution in [0.5, 0.6) is 0 Å². The second kappa shape index (κ2) is 14.8. The summed E-state index contributed by atoms with van der Waals surface area (Å²) in [6.45, 7) is 8.78. The van der Waals surface area contributed by atoms with E-state index in [1.54, 1.807) is 20.8 Å². The van der Waals surface area contributed by atoms with Crippen molar-refractivity contribution in [3.05, 3.63) is 0 Å². The number of nitrogens with two attached hydrogens (primary N) is 2. The summed E-state index contributed by atoms with van der Waals surface area (Å²) in [6, 6.07) is -4.29. The highest BCUT2D eigenvalue weighted by Gasteiger charge is 2.34. The van der Waals surface area contributed by atoms with Gasteiger partial charge in [0.1, 0.15) is 12.1 Å². The SMILES string of the molecule is CCC(C)C(NC(=O)C(N)CCCCN)C(=O)NC(C(=O)NC(C(=O)O)C(C)O)C(C)C. The molecule has 0 rings (SSSR count). The molecule has 3 amide bonds. The van der Waals surface area contributed by atoms with Crippen molar-refractivity contribution in [1.29, 1.82) is 0 Å². The number of aliphatic hydroxyl groups excluding tert-OH is 1. The van der Waals surface area contributed by atoms with Crippen LogP contribution in [0.1, 0.15) is 60.3 Å². The first kappa shape index (κ1) is 29.8. The lowest BCUT2D eigenvalue weighted by Crippen LogP contribution is -2.60. The molecule has 11 nitrogen and oxygen atoms in total. The Morgan fingerprint density at radius 3 is 1.78 bits per heavy atom. The van der Waals surface area contributed by atoms with Crippen LogP contribution < -0.4 is 27.4 Å². The van der Waals surface area contributed by atoms with E-state index in [1.165, 1.54) is 6.92 Å². The summed E-state index contributed by atoms with van der Waals surface area (Å²) in [5.74, 6) is -3.79. The number of carboxylic acid groups (broad SMARTS) is 1. The van der Waals surface area contributed by atoms with E-state index in [-0.39, 0.29) is 11.8 Å². The summed E-state index contributed by atoms with van der Waals surface area (Å²) < 4.78 is 0. The van der Waals surface area contributed by atoms with E-state index in [0.717, 1.165) is 6.42 Å². The number of carbonyl (C=O) groups is 4. The minimum Gasteiger partial charge on any atom is -0.480 e. The molecule has 6 atom stereocenters. The molecule has 0 fully saturated rings. The highest BCUT2D eigenvalue weighted by atomic mass is 16.4. The molecule has 32 heavy (non-hydrogen) atoms. The summed E-state index contributed by atoms with van der Waals surface area (Å²) in [5.41, 5.74) is 11.4. The Bertz CT molecular complexity index is 628. The quantitative estimate of drug-likeness (QED) is 0.152. The predicted molar refractivity (Wildman–Crippen MR) is 120 cm³/mol. The molecular weight excluding hydrogens is 418 g/mol. The Morgan fingerprint density at radius 1 is 0.844 bits per heavy atom. The average molecular weight is 460 g/mol. The molecule has 0 saturated heterocycles. The van der Waals surface area contributed by atoms with Gasteiger partial charge in [0.2, 0.25) is 17.7 Å². The van der Waals surface area contributed by atoms with Gasteiger partial charge in [-0.15, -0.1) is 0 Å². The normalized spacial score (nSPS) is 16.9. The fourth-order valence-corrected chi connectivity index (χ4v) is 3.01. The van der Waals surface area contributed by atoms with E-state index < -0.39 is 54.0 Å². The van der Waals surface area contributed by atoms with Gasteiger partial charge in [-0.25, -0.2) is 4.79 Å². The van der Waals surface area contributed by atoms with Crippen molar-refractivity contribution in [2.75, 3.05) is 6.54 Å². The van der Waals surface area contributed by atoms with E-state index in [9.17, 15) is 29.4 Å². The van der Waals surface area contributed by atoms with E-state index in [1.807, 2.05) is 6.92 Å². The average Bonchev–Trinajstić information content (AvgIpc) is 2.72. The van der Waals surface area contributed by atoms with Gasteiger partial charge in [0.25, 0.3) is 0 Å². The lowest BCUT2D eigenvalue weighted by molar-refractivity contribution is -0.145. The molecule has 0 aromatic carbocycles. The number of hydrogen-bond donors (Lipinski definition) is 7. The number of carbonyl (C=O) groups excluding carboxylic acids is 3. The topological polar surface area (TPSA) is 197 Å². The van der Waals surface area contributed by atoms with Crippen LogP contribution in [0.15, 0.2) is 0 Å². The molecule has 0 radical (unpaired) electrons. The number of aliphatic hydroxyl groups is 1. The van der Waals surface area contributed by atoms with Gasteiger partial charge in [-0.05, 0) is 38.1 Å². The van der Waals surface area contributed by atoms with Gasteiger partial charge < -0.3 is 37.6 Å². The molecule has 0 heterocycles. The molecule has 0 spiro atoms. The smallest absolute Gasteiger partial charge is 0.328 e. The standard InChI is InChI=1S/C21H41N5O6/c1-6-12(4)16(25-18(28)14(23)9-7-8-10-22)20(30)24-15(11(2)3)19(29)26-17(13(5)27)21(31)32/h11-17,27H,6-10,22-23H2,1-5H3,(H,24,30)(H,25,28)(H,26,29)(H,31,32). The molecule has 0 aliphatic rings. The molecular formula is C21H41N5O6. The highest BCUT2D eigenvalue weighted by molar-refractivity contribution is 5.94. The summed E-state index contributed by atoms with van der Waals surface area (Å²) in [5, 5.41) is 26.3. The van der Waals surface area contributed by atoms with Gasteiger partial charge >= 0.3 is 5.97 Å². The largest absolute Gasteiger partial charge is 0.480 e. The molecule has 0 aliphatic heterocycles.